The third kappa shape index (κ3) is 4.80. The summed E-state index contributed by atoms with van der Waals surface area (Å²) in [6, 6.07) is 1.62. The van der Waals surface area contributed by atoms with Gasteiger partial charge >= 0.3 is 6.18 Å². The summed E-state index contributed by atoms with van der Waals surface area (Å²) in [5.74, 6) is 0. The molecule has 1 aliphatic rings. The van der Waals surface area contributed by atoms with E-state index < -0.39 is 21.9 Å². The van der Waals surface area contributed by atoms with Crippen molar-refractivity contribution >= 4 is 22.4 Å². The van der Waals surface area contributed by atoms with Gasteiger partial charge in [-0.2, -0.15) is 13.2 Å². The van der Waals surface area contributed by atoms with Crippen LogP contribution in [0.2, 0.25) is 0 Å². The number of alkyl halides is 3. The highest BCUT2D eigenvalue weighted by Crippen LogP contribution is 2.27. The molecule has 0 aromatic carbocycles. The van der Waals surface area contributed by atoms with E-state index in [1.54, 1.807) is 0 Å². The number of nitrogens with one attached hydrogen (secondary N) is 2. The zero-order valence-corrected chi connectivity index (χ0v) is 12.5. The molecule has 1 unspecified atom stereocenters. The highest BCUT2D eigenvalue weighted by atomic mass is 35.5. The molecule has 1 saturated heterocycles. The molecule has 1 aromatic heterocycles. The van der Waals surface area contributed by atoms with E-state index in [0.29, 0.717) is 12.3 Å². The molecule has 1 atom stereocenters. The molecule has 2 rings (SSSR count). The van der Waals surface area contributed by atoms with Gasteiger partial charge in [-0.25, -0.2) is 13.1 Å². The Balaban J connectivity index is 0.00000220. The largest absolute Gasteiger partial charge is 0.433 e. The van der Waals surface area contributed by atoms with Gasteiger partial charge in [-0.1, -0.05) is 0 Å². The van der Waals surface area contributed by atoms with E-state index in [-0.39, 0.29) is 29.9 Å². The molecular formula is C11H15ClF3N3O2S. The lowest BCUT2D eigenvalue weighted by Gasteiger charge is -2.12. The normalized spacial score (nSPS) is 19.3. The molecule has 5 nitrogen and oxygen atoms in total. The summed E-state index contributed by atoms with van der Waals surface area (Å²) in [4.78, 5) is 2.86. The lowest BCUT2D eigenvalue weighted by atomic mass is 10.2. The first-order valence-electron chi connectivity index (χ1n) is 6.05. The van der Waals surface area contributed by atoms with Gasteiger partial charge < -0.3 is 5.32 Å². The number of halogens is 4. The van der Waals surface area contributed by atoms with E-state index in [4.69, 9.17) is 0 Å². The molecule has 120 valence electrons. The Morgan fingerprint density at radius 3 is 2.57 bits per heavy atom. The number of hydrogen-bond donors (Lipinski definition) is 2. The molecule has 21 heavy (non-hydrogen) atoms. The van der Waals surface area contributed by atoms with Gasteiger partial charge in [-0.05, 0) is 31.5 Å². The van der Waals surface area contributed by atoms with Crippen LogP contribution in [-0.4, -0.2) is 32.5 Å². The Morgan fingerprint density at radius 2 is 2.10 bits per heavy atom. The van der Waals surface area contributed by atoms with Crippen molar-refractivity contribution in [3.8, 4) is 0 Å². The van der Waals surface area contributed by atoms with Crippen LogP contribution in [0.1, 0.15) is 18.5 Å². The maximum atomic E-state index is 12.3. The minimum absolute atomic E-state index is 0. The van der Waals surface area contributed by atoms with E-state index in [0.717, 1.165) is 25.5 Å². The fourth-order valence-corrected chi connectivity index (χ4v) is 2.96. The van der Waals surface area contributed by atoms with Crippen LogP contribution in [0.4, 0.5) is 13.2 Å². The Bertz CT molecular complexity index is 557. The van der Waals surface area contributed by atoms with Crippen LogP contribution in [0.5, 0.6) is 0 Å². The zero-order chi connectivity index (χ0) is 14.8. The van der Waals surface area contributed by atoms with Gasteiger partial charge in [0.1, 0.15) is 10.6 Å². The Kier molecular flexibility index (Phi) is 5.97. The van der Waals surface area contributed by atoms with Crippen molar-refractivity contribution in [1.29, 1.82) is 0 Å². The minimum atomic E-state index is -4.58. The minimum Gasteiger partial charge on any atom is -0.313 e. The predicted octanol–water partition coefficient (Wildman–Crippen LogP) is 1.55. The maximum absolute atomic E-state index is 12.3. The molecule has 0 amide bonds. The Morgan fingerprint density at radius 1 is 1.38 bits per heavy atom. The molecule has 0 bridgehead atoms. The van der Waals surface area contributed by atoms with E-state index >= 15 is 0 Å². The van der Waals surface area contributed by atoms with Gasteiger partial charge in [0.05, 0.1) is 0 Å². The van der Waals surface area contributed by atoms with Gasteiger partial charge in [0.15, 0.2) is 0 Å². The molecule has 10 heteroatoms. The molecule has 2 heterocycles. The lowest BCUT2D eigenvalue weighted by molar-refractivity contribution is -0.141. The third-order valence-electron chi connectivity index (χ3n) is 3.02. The number of hydrogen-bond acceptors (Lipinski definition) is 4. The van der Waals surface area contributed by atoms with Crippen molar-refractivity contribution in [2.24, 2.45) is 0 Å². The Hall–Kier alpha value is -0.900. The van der Waals surface area contributed by atoms with Crippen molar-refractivity contribution in [3.05, 3.63) is 24.0 Å². The highest BCUT2D eigenvalue weighted by Gasteiger charge is 2.32. The molecule has 2 N–H and O–H groups in total. The summed E-state index contributed by atoms with van der Waals surface area (Å²) in [5.41, 5.74) is -1.12. The predicted molar refractivity (Wildman–Crippen MR) is 72.7 cm³/mol. The first-order valence-corrected chi connectivity index (χ1v) is 7.54. The quantitative estimate of drug-likeness (QED) is 0.868. The molecule has 1 aliphatic heterocycles. The van der Waals surface area contributed by atoms with Crippen molar-refractivity contribution in [2.75, 3.05) is 13.1 Å². The summed E-state index contributed by atoms with van der Waals surface area (Å²) in [6.45, 7) is 1.05. The average molecular weight is 346 g/mol. The zero-order valence-electron chi connectivity index (χ0n) is 10.9. The highest BCUT2D eigenvalue weighted by molar-refractivity contribution is 7.89. The SMILES string of the molecule is Cl.O=S(=O)(NCC1CCCN1)c1ccc(C(F)(F)F)nc1. The molecule has 0 spiro atoms. The summed E-state index contributed by atoms with van der Waals surface area (Å²) in [5, 5.41) is 3.12. The number of sulfonamides is 1. The van der Waals surface area contributed by atoms with E-state index in [1.165, 1.54) is 0 Å². The number of pyridine rings is 1. The van der Waals surface area contributed by atoms with Crippen molar-refractivity contribution in [1.82, 2.24) is 15.0 Å². The lowest BCUT2D eigenvalue weighted by Crippen LogP contribution is -2.37. The van der Waals surface area contributed by atoms with Crippen molar-refractivity contribution in [3.63, 3.8) is 0 Å². The van der Waals surface area contributed by atoms with Crippen LogP contribution in [-0.2, 0) is 16.2 Å². The summed E-state index contributed by atoms with van der Waals surface area (Å²) < 4.78 is 63.1. The van der Waals surface area contributed by atoms with Crippen LogP contribution in [0, 0.1) is 0 Å². The summed E-state index contributed by atoms with van der Waals surface area (Å²) in [7, 11) is -3.83. The van der Waals surface area contributed by atoms with Crippen LogP contribution in [0.15, 0.2) is 23.2 Å². The first kappa shape index (κ1) is 18.1. The molecule has 0 aliphatic carbocycles. The molecule has 1 aromatic rings. The maximum Gasteiger partial charge on any atom is 0.433 e. The second kappa shape index (κ2) is 6.91. The molecule has 0 radical (unpaired) electrons. The Labute approximate surface area is 126 Å². The third-order valence-corrected chi connectivity index (χ3v) is 4.43. The first-order chi connectivity index (χ1) is 9.29. The van der Waals surface area contributed by atoms with Gasteiger partial charge in [-0.3, -0.25) is 4.98 Å². The van der Waals surface area contributed by atoms with Crippen LogP contribution in [0.3, 0.4) is 0 Å². The number of aromatic nitrogens is 1. The van der Waals surface area contributed by atoms with Crippen LogP contribution >= 0.6 is 12.4 Å². The topological polar surface area (TPSA) is 71.1 Å². The summed E-state index contributed by atoms with van der Waals surface area (Å²) >= 11 is 0. The van der Waals surface area contributed by atoms with Gasteiger partial charge in [0.2, 0.25) is 10.0 Å². The van der Waals surface area contributed by atoms with Gasteiger partial charge in [-0.15, -0.1) is 12.4 Å². The van der Waals surface area contributed by atoms with E-state index in [1.807, 2.05) is 0 Å². The van der Waals surface area contributed by atoms with Gasteiger partial charge in [0.25, 0.3) is 0 Å². The molecule has 1 fully saturated rings. The van der Waals surface area contributed by atoms with Crippen molar-refractivity contribution < 1.29 is 21.6 Å². The second-order valence-corrected chi connectivity index (χ2v) is 6.29. The van der Waals surface area contributed by atoms with E-state index in [2.05, 4.69) is 15.0 Å². The average Bonchev–Trinajstić information content (AvgIpc) is 2.89. The summed E-state index contributed by atoms with van der Waals surface area (Å²) in [6.07, 6.45) is -2.02. The van der Waals surface area contributed by atoms with Crippen LogP contribution < -0.4 is 10.0 Å². The van der Waals surface area contributed by atoms with Crippen molar-refractivity contribution in [2.45, 2.75) is 30.0 Å². The number of rotatable bonds is 4. The second-order valence-electron chi connectivity index (χ2n) is 4.52. The fourth-order valence-electron chi connectivity index (χ4n) is 1.93. The van der Waals surface area contributed by atoms with E-state index in [9.17, 15) is 21.6 Å². The molecular weight excluding hydrogens is 331 g/mol. The van der Waals surface area contributed by atoms with Crippen LogP contribution in [0.25, 0.3) is 0 Å². The fraction of sp³-hybridized carbons (Fsp3) is 0.545. The molecule has 0 saturated carbocycles. The smallest absolute Gasteiger partial charge is 0.313 e. The van der Waals surface area contributed by atoms with Gasteiger partial charge in [0, 0.05) is 18.8 Å². The monoisotopic (exact) mass is 345 g/mol. The standard InChI is InChI=1S/C11H14F3N3O2S.ClH/c12-11(13,14)10-4-3-9(7-16-10)20(18,19)17-6-8-2-1-5-15-8;/h3-4,7-8,15,17H,1-2,5-6H2;1H. The number of nitrogens with zero attached hydrogens (tertiary/aromatic N) is 1.